The van der Waals surface area contributed by atoms with Gasteiger partial charge in [-0.25, -0.2) is 9.78 Å². The Morgan fingerprint density at radius 1 is 1.07 bits per heavy atom. The van der Waals surface area contributed by atoms with Gasteiger partial charge >= 0.3 is 12.1 Å². The van der Waals surface area contributed by atoms with E-state index in [0.29, 0.717) is 5.56 Å². The molecule has 3 rings (SSSR count). The fourth-order valence-electron chi connectivity index (χ4n) is 2.52. The van der Waals surface area contributed by atoms with Gasteiger partial charge in [0, 0.05) is 5.56 Å². The molecule has 6 nitrogen and oxygen atoms in total. The third-order valence-corrected chi connectivity index (χ3v) is 3.85. The fourth-order valence-corrected chi connectivity index (χ4v) is 2.52. The van der Waals surface area contributed by atoms with Crippen molar-refractivity contribution in [3.8, 4) is 11.5 Å². The number of ether oxygens (including phenoxy) is 1. The topological polar surface area (TPSA) is 81.4 Å². The van der Waals surface area contributed by atoms with Crippen LogP contribution in [0.1, 0.15) is 21.8 Å². The highest BCUT2D eigenvalue weighted by atomic mass is 19.4. The Bertz CT molecular complexity index is 1030. The van der Waals surface area contributed by atoms with E-state index >= 15 is 0 Å². The van der Waals surface area contributed by atoms with Crippen molar-refractivity contribution < 1.29 is 31.9 Å². The van der Waals surface area contributed by atoms with Crippen molar-refractivity contribution in [1.29, 1.82) is 0 Å². The Labute approximate surface area is 163 Å². The molecule has 0 atom stereocenters. The van der Waals surface area contributed by atoms with Gasteiger partial charge in [0.2, 0.25) is 5.89 Å². The second-order valence-electron chi connectivity index (χ2n) is 5.96. The Morgan fingerprint density at radius 2 is 1.72 bits per heavy atom. The van der Waals surface area contributed by atoms with Crippen LogP contribution in [0.4, 0.5) is 18.9 Å². The van der Waals surface area contributed by atoms with Crippen LogP contribution in [0.5, 0.6) is 0 Å². The van der Waals surface area contributed by atoms with E-state index in [1.807, 2.05) is 6.07 Å². The predicted octanol–water partition coefficient (Wildman–Crippen LogP) is 4.46. The van der Waals surface area contributed by atoms with Crippen LogP contribution in [0.15, 0.2) is 59.0 Å². The molecule has 0 aliphatic heterocycles. The van der Waals surface area contributed by atoms with E-state index in [4.69, 9.17) is 9.15 Å². The number of anilines is 1. The average molecular weight is 404 g/mol. The molecule has 1 aromatic heterocycles. The number of alkyl halides is 3. The molecule has 150 valence electrons. The number of carbonyl (C=O) groups excluding carboxylic acids is 2. The second-order valence-corrected chi connectivity index (χ2v) is 5.96. The Hall–Kier alpha value is -3.62. The molecule has 3 aromatic rings. The first-order chi connectivity index (χ1) is 13.8. The molecule has 0 saturated heterocycles. The molecule has 9 heteroatoms. The van der Waals surface area contributed by atoms with Crippen molar-refractivity contribution >= 4 is 17.6 Å². The first-order valence-electron chi connectivity index (χ1n) is 8.42. The summed E-state index contributed by atoms with van der Waals surface area (Å²) in [6.45, 7) is 0.730. The quantitative estimate of drug-likeness (QED) is 0.635. The minimum absolute atomic E-state index is 0.118. The van der Waals surface area contributed by atoms with Crippen LogP contribution >= 0.6 is 0 Å². The summed E-state index contributed by atoms with van der Waals surface area (Å²) in [5.74, 6) is -1.44. The number of nitrogens with zero attached hydrogens (tertiary/aromatic N) is 1. The van der Waals surface area contributed by atoms with Gasteiger partial charge in [-0.05, 0) is 31.2 Å². The first kappa shape index (κ1) is 20.1. The van der Waals surface area contributed by atoms with Gasteiger partial charge in [0.1, 0.15) is 5.76 Å². The predicted molar refractivity (Wildman–Crippen MR) is 97.0 cm³/mol. The number of oxazole rings is 1. The highest BCUT2D eigenvalue weighted by Gasteiger charge is 2.33. The summed E-state index contributed by atoms with van der Waals surface area (Å²) in [6.07, 6.45) is -4.63. The summed E-state index contributed by atoms with van der Waals surface area (Å²) in [4.78, 5) is 28.2. The highest BCUT2D eigenvalue weighted by Crippen LogP contribution is 2.34. The summed E-state index contributed by atoms with van der Waals surface area (Å²) in [7, 11) is 0. The molecular weight excluding hydrogens is 389 g/mol. The van der Waals surface area contributed by atoms with E-state index in [9.17, 15) is 22.8 Å². The zero-order valence-electron chi connectivity index (χ0n) is 15.1. The maximum Gasteiger partial charge on any atom is 0.418 e. The standard InChI is InChI=1S/C20H15F3N2O4/c1-12-17(25-18(29-12)13-7-3-2-4-8-13)19(27)28-11-16(26)24-15-10-6-5-9-14(15)20(21,22)23/h2-10H,11H2,1H3,(H,24,26). The number of hydrogen-bond acceptors (Lipinski definition) is 5. The van der Waals surface area contributed by atoms with Crippen LogP contribution in [0.3, 0.4) is 0 Å². The van der Waals surface area contributed by atoms with Gasteiger partial charge in [0.25, 0.3) is 5.91 Å². The van der Waals surface area contributed by atoms with E-state index in [0.717, 1.165) is 12.1 Å². The number of hydrogen-bond donors (Lipinski definition) is 1. The number of amides is 1. The van der Waals surface area contributed by atoms with Gasteiger partial charge in [0.05, 0.1) is 11.3 Å². The molecule has 0 aliphatic carbocycles. The monoisotopic (exact) mass is 404 g/mol. The van der Waals surface area contributed by atoms with Gasteiger partial charge in [-0.15, -0.1) is 0 Å². The normalized spacial score (nSPS) is 11.2. The second kappa shape index (κ2) is 8.17. The molecule has 29 heavy (non-hydrogen) atoms. The minimum atomic E-state index is -4.63. The number of rotatable bonds is 5. The number of halogens is 3. The molecule has 1 amide bonds. The molecular formula is C20H15F3N2O4. The van der Waals surface area contributed by atoms with Gasteiger partial charge < -0.3 is 14.5 Å². The zero-order valence-corrected chi connectivity index (χ0v) is 15.1. The van der Waals surface area contributed by atoms with Crippen LogP contribution < -0.4 is 5.32 Å². The molecule has 0 unspecified atom stereocenters. The highest BCUT2D eigenvalue weighted by molar-refractivity contribution is 5.95. The number of esters is 1. The Balaban J connectivity index is 1.65. The first-order valence-corrected chi connectivity index (χ1v) is 8.42. The summed E-state index contributed by atoms with van der Waals surface area (Å²) in [6, 6.07) is 13.3. The molecule has 0 bridgehead atoms. The lowest BCUT2D eigenvalue weighted by Crippen LogP contribution is -2.23. The maximum absolute atomic E-state index is 13.0. The van der Waals surface area contributed by atoms with E-state index in [1.165, 1.54) is 19.1 Å². The van der Waals surface area contributed by atoms with Crippen molar-refractivity contribution in [2.45, 2.75) is 13.1 Å². The lowest BCUT2D eigenvalue weighted by Gasteiger charge is -2.13. The van der Waals surface area contributed by atoms with Crippen molar-refractivity contribution in [3.63, 3.8) is 0 Å². The van der Waals surface area contributed by atoms with Gasteiger partial charge in [-0.3, -0.25) is 4.79 Å². The van der Waals surface area contributed by atoms with Crippen LogP contribution in [0, 0.1) is 6.92 Å². The molecule has 0 spiro atoms. The average Bonchev–Trinajstić information content (AvgIpc) is 3.08. The molecule has 0 radical (unpaired) electrons. The van der Waals surface area contributed by atoms with E-state index in [-0.39, 0.29) is 17.3 Å². The zero-order chi connectivity index (χ0) is 21.0. The van der Waals surface area contributed by atoms with Crippen molar-refractivity contribution in [3.05, 3.63) is 71.6 Å². The van der Waals surface area contributed by atoms with Crippen molar-refractivity contribution in [2.24, 2.45) is 0 Å². The molecule has 0 saturated carbocycles. The lowest BCUT2D eigenvalue weighted by atomic mass is 10.1. The Kier molecular flexibility index (Phi) is 5.67. The van der Waals surface area contributed by atoms with Crippen LogP contribution in [-0.4, -0.2) is 23.5 Å². The number of benzene rings is 2. The summed E-state index contributed by atoms with van der Waals surface area (Å²) in [5, 5.41) is 2.09. The van der Waals surface area contributed by atoms with Gasteiger partial charge in [-0.2, -0.15) is 13.2 Å². The SMILES string of the molecule is Cc1oc(-c2ccccc2)nc1C(=O)OCC(=O)Nc1ccccc1C(F)(F)F. The van der Waals surface area contributed by atoms with Gasteiger partial charge in [0.15, 0.2) is 12.3 Å². The third kappa shape index (κ3) is 4.81. The minimum Gasteiger partial charge on any atom is -0.451 e. The van der Waals surface area contributed by atoms with Crippen LogP contribution in [0.2, 0.25) is 0 Å². The number of carbonyl (C=O) groups is 2. The number of para-hydroxylation sites is 1. The summed E-state index contributed by atoms with van der Waals surface area (Å²) < 4.78 is 49.2. The van der Waals surface area contributed by atoms with Crippen molar-refractivity contribution in [1.82, 2.24) is 4.98 Å². The van der Waals surface area contributed by atoms with Crippen LogP contribution in [0.25, 0.3) is 11.5 Å². The molecule has 1 heterocycles. The van der Waals surface area contributed by atoms with Gasteiger partial charge in [-0.1, -0.05) is 30.3 Å². The summed E-state index contributed by atoms with van der Waals surface area (Å²) in [5.41, 5.74) is -0.895. The van der Waals surface area contributed by atoms with Crippen molar-refractivity contribution in [2.75, 3.05) is 11.9 Å². The number of aromatic nitrogens is 1. The molecule has 1 N–H and O–H groups in total. The summed E-state index contributed by atoms with van der Waals surface area (Å²) >= 11 is 0. The number of aryl methyl sites for hydroxylation is 1. The van der Waals surface area contributed by atoms with E-state index < -0.39 is 35.9 Å². The van der Waals surface area contributed by atoms with E-state index in [1.54, 1.807) is 24.3 Å². The molecule has 2 aromatic carbocycles. The third-order valence-electron chi connectivity index (χ3n) is 3.85. The maximum atomic E-state index is 13.0. The lowest BCUT2D eigenvalue weighted by molar-refractivity contribution is -0.137. The van der Waals surface area contributed by atoms with Crippen LogP contribution in [-0.2, 0) is 15.7 Å². The fraction of sp³-hybridized carbons (Fsp3) is 0.150. The molecule has 0 aliphatic rings. The smallest absolute Gasteiger partial charge is 0.418 e. The Morgan fingerprint density at radius 3 is 2.41 bits per heavy atom. The largest absolute Gasteiger partial charge is 0.451 e. The van der Waals surface area contributed by atoms with E-state index in [2.05, 4.69) is 10.3 Å². The number of nitrogens with one attached hydrogen (secondary N) is 1. The molecule has 0 fully saturated rings.